The number of hydrogen-bond acceptors (Lipinski definition) is 5. The number of H-pyrrole nitrogens is 1. The molecule has 2 rings (SSSR count). The van der Waals surface area contributed by atoms with Crippen molar-refractivity contribution in [1.82, 2.24) is 9.97 Å². The van der Waals surface area contributed by atoms with Crippen molar-refractivity contribution in [2.45, 2.75) is 31.8 Å². The summed E-state index contributed by atoms with van der Waals surface area (Å²) in [5, 5.41) is 12.6. The lowest BCUT2D eigenvalue weighted by molar-refractivity contribution is 0.111. The summed E-state index contributed by atoms with van der Waals surface area (Å²) in [5.74, 6) is 1.21. The van der Waals surface area contributed by atoms with E-state index < -0.39 is 0 Å². The van der Waals surface area contributed by atoms with Crippen LogP contribution in [0.2, 0.25) is 0 Å². The molecule has 100 valence electrons. The molecule has 1 aromatic heterocycles. The molecule has 3 N–H and O–H groups in total. The van der Waals surface area contributed by atoms with Gasteiger partial charge in [-0.25, -0.2) is 4.98 Å². The molecular weight excluding hydrogens is 234 g/mol. The molecule has 6 nitrogen and oxygen atoms in total. The molecule has 1 heterocycles. The molecule has 1 saturated carbocycles. The molecule has 0 spiro atoms. The van der Waals surface area contributed by atoms with Crippen LogP contribution in [-0.2, 0) is 0 Å². The minimum absolute atomic E-state index is 0.145. The molecule has 0 aromatic carbocycles. The van der Waals surface area contributed by atoms with Crippen molar-refractivity contribution in [2.24, 2.45) is 5.92 Å². The Bertz CT molecular complexity index is 438. The van der Waals surface area contributed by atoms with Gasteiger partial charge in [-0.05, 0) is 31.6 Å². The zero-order valence-electron chi connectivity index (χ0n) is 10.5. The van der Waals surface area contributed by atoms with E-state index in [0.29, 0.717) is 11.7 Å². The third-order valence-corrected chi connectivity index (χ3v) is 3.39. The summed E-state index contributed by atoms with van der Waals surface area (Å²) in [4.78, 5) is 18.0. The van der Waals surface area contributed by atoms with Gasteiger partial charge in [0, 0.05) is 6.54 Å². The lowest BCUT2D eigenvalue weighted by Crippen LogP contribution is -2.24. The van der Waals surface area contributed by atoms with Crippen LogP contribution in [0.1, 0.15) is 25.7 Å². The first-order chi connectivity index (χ1) is 8.70. The summed E-state index contributed by atoms with van der Waals surface area (Å²) in [5.41, 5.74) is -0.283. The maximum Gasteiger partial charge on any atom is 0.295 e. The third kappa shape index (κ3) is 3.01. The van der Waals surface area contributed by atoms with Crippen molar-refractivity contribution < 1.29 is 9.84 Å². The summed E-state index contributed by atoms with van der Waals surface area (Å²) >= 11 is 0. The monoisotopic (exact) mass is 253 g/mol. The number of aromatic nitrogens is 2. The third-order valence-electron chi connectivity index (χ3n) is 3.39. The van der Waals surface area contributed by atoms with Gasteiger partial charge < -0.3 is 20.1 Å². The van der Waals surface area contributed by atoms with Gasteiger partial charge in [0.25, 0.3) is 5.56 Å². The first-order valence-electron chi connectivity index (χ1n) is 6.24. The maximum absolute atomic E-state index is 11.5. The Labute approximate surface area is 105 Å². The molecule has 1 aliphatic rings. The molecule has 0 bridgehead atoms. The van der Waals surface area contributed by atoms with E-state index in [9.17, 15) is 9.90 Å². The van der Waals surface area contributed by atoms with E-state index in [2.05, 4.69) is 15.3 Å². The Kier molecular flexibility index (Phi) is 4.19. The zero-order chi connectivity index (χ0) is 13.0. The van der Waals surface area contributed by atoms with Crippen LogP contribution >= 0.6 is 0 Å². The van der Waals surface area contributed by atoms with Crippen LogP contribution < -0.4 is 15.6 Å². The molecule has 1 aromatic rings. The summed E-state index contributed by atoms with van der Waals surface area (Å²) < 4.78 is 5.02. The Balaban J connectivity index is 1.94. The van der Waals surface area contributed by atoms with Gasteiger partial charge in [0.05, 0.1) is 19.5 Å². The number of ether oxygens (including phenoxy) is 1. The smallest absolute Gasteiger partial charge is 0.295 e. The SMILES string of the molecule is COc1c(NCC2CCC(O)CC2)nc[nH]c1=O. The number of rotatable bonds is 4. The first-order valence-corrected chi connectivity index (χ1v) is 6.24. The highest BCUT2D eigenvalue weighted by molar-refractivity contribution is 5.47. The van der Waals surface area contributed by atoms with Crippen LogP contribution in [-0.4, -0.2) is 34.8 Å². The van der Waals surface area contributed by atoms with E-state index in [1.54, 1.807) is 0 Å². The highest BCUT2D eigenvalue weighted by Gasteiger charge is 2.19. The first kappa shape index (κ1) is 12.9. The van der Waals surface area contributed by atoms with Crippen LogP contribution in [0.3, 0.4) is 0 Å². The zero-order valence-corrected chi connectivity index (χ0v) is 10.5. The number of methoxy groups -OCH3 is 1. The normalized spacial score (nSPS) is 23.7. The van der Waals surface area contributed by atoms with Crippen LogP contribution in [0.5, 0.6) is 5.75 Å². The molecule has 0 amide bonds. The van der Waals surface area contributed by atoms with Crippen molar-refractivity contribution in [2.75, 3.05) is 19.0 Å². The van der Waals surface area contributed by atoms with Crippen LogP contribution in [0.15, 0.2) is 11.1 Å². The minimum atomic E-state index is -0.283. The van der Waals surface area contributed by atoms with Gasteiger partial charge in [-0.2, -0.15) is 0 Å². The highest BCUT2D eigenvalue weighted by Crippen LogP contribution is 2.25. The Morgan fingerprint density at radius 2 is 2.22 bits per heavy atom. The van der Waals surface area contributed by atoms with Crippen molar-refractivity contribution >= 4 is 5.82 Å². The second-order valence-electron chi connectivity index (χ2n) is 4.67. The standard InChI is InChI=1S/C12H19N3O3/c1-18-10-11(14-7-15-12(10)17)13-6-8-2-4-9(16)5-3-8/h7-9,16H,2-6H2,1H3,(H2,13,14,15,17). The molecule has 1 fully saturated rings. The fraction of sp³-hybridized carbons (Fsp3) is 0.667. The summed E-state index contributed by atoms with van der Waals surface area (Å²) in [6.45, 7) is 0.750. The molecule has 18 heavy (non-hydrogen) atoms. The van der Waals surface area contributed by atoms with Crippen molar-refractivity contribution in [1.29, 1.82) is 0 Å². The number of aliphatic hydroxyl groups is 1. The maximum atomic E-state index is 11.5. The second-order valence-corrected chi connectivity index (χ2v) is 4.67. The number of aromatic amines is 1. The predicted octanol–water partition coefficient (Wildman–Crippen LogP) is 0.741. The highest BCUT2D eigenvalue weighted by atomic mass is 16.5. The number of nitrogens with one attached hydrogen (secondary N) is 2. The molecule has 0 atom stereocenters. The van der Waals surface area contributed by atoms with E-state index in [1.165, 1.54) is 13.4 Å². The van der Waals surface area contributed by atoms with Crippen molar-refractivity contribution in [3.63, 3.8) is 0 Å². The van der Waals surface area contributed by atoms with Crippen molar-refractivity contribution in [3.8, 4) is 5.75 Å². The number of nitrogens with zero attached hydrogens (tertiary/aromatic N) is 1. The second kappa shape index (κ2) is 5.86. The van der Waals surface area contributed by atoms with E-state index in [1.807, 2.05) is 0 Å². The van der Waals surface area contributed by atoms with Crippen LogP contribution in [0.4, 0.5) is 5.82 Å². The summed E-state index contributed by atoms with van der Waals surface area (Å²) in [6, 6.07) is 0. The fourth-order valence-electron chi connectivity index (χ4n) is 2.29. The largest absolute Gasteiger partial charge is 0.489 e. The average Bonchev–Trinajstić information content (AvgIpc) is 2.38. The number of aliphatic hydroxyl groups excluding tert-OH is 1. The van der Waals surface area contributed by atoms with E-state index in [4.69, 9.17) is 4.74 Å². The van der Waals surface area contributed by atoms with Gasteiger partial charge in [0.15, 0.2) is 5.82 Å². The Morgan fingerprint density at radius 1 is 1.50 bits per heavy atom. The van der Waals surface area contributed by atoms with E-state index >= 15 is 0 Å². The topological polar surface area (TPSA) is 87.2 Å². The van der Waals surface area contributed by atoms with Crippen LogP contribution in [0, 0.1) is 5.92 Å². The van der Waals surface area contributed by atoms with Gasteiger partial charge in [-0.1, -0.05) is 0 Å². The minimum Gasteiger partial charge on any atom is -0.489 e. The number of anilines is 1. The quantitative estimate of drug-likeness (QED) is 0.736. The summed E-state index contributed by atoms with van der Waals surface area (Å²) in [6.07, 6.45) is 4.92. The predicted molar refractivity (Wildman–Crippen MR) is 67.9 cm³/mol. The molecule has 0 unspecified atom stereocenters. The Hall–Kier alpha value is -1.56. The van der Waals surface area contributed by atoms with Gasteiger partial charge >= 0.3 is 0 Å². The molecule has 0 saturated heterocycles. The molecular formula is C12H19N3O3. The van der Waals surface area contributed by atoms with Crippen LogP contribution in [0.25, 0.3) is 0 Å². The lowest BCUT2D eigenvalue weighted by atomic mass is 9.87. The lowest BCUT2D eigenvalue weighted by Gasteiger charge is -2.25. The van der Waals surface area contributed by atoms with E-state index in [-0.39, 0.29) is 17.4 Å². The van der Waals surface area contributed by atoms with Crippen molar-refractivity contribution in [3.05, 3.63) is 16.7 Å². The fourth-order valence-corrected chi connectivity index (χ4v) is 2.29. The molecule has 0 aliphatic heterocycles. The number of hydrogen-bond donors (Lipinski definition) is 3. The van der Waals surface area contributed by atoms with E-state index in [0.717, 1.165) is 32.2 Å². The average molecular weight is 253 g/mol. The van der Waals surface area contributed by atoms with Gasteiger partial charge in [-0.3, -0.25) is 4.79 Å². The molecule has 1 aliphatic carbocycles. The Morgan fingerprint density at radius 3 is 2.89 bits per heavy atom. The summed E-state index contributed by atoms with van der Waals surface area (Å²) in [7, 11) is 1.45. The van der Waals surface area contributed by atoms with Gasteiger partial charge in [0.2, 0.25) is 5.75 Å². The molecule has 0 radical (unpaired) electrons. The van der Waals surface area contributed by atoms with Gasteiger partial charge in [-0.15, -0.1) is 0 Å². The van der Waals surface area contributed by atoms with Gasteiger partial charge in [0.1, 0.15) is 0 Å². The molecule has 6 heteroatoms.